The van der Waals surface area contributed by atoms with Gasteiger partial charge in [0.05, 0.1) is 24.0 Å². The molecule has 0 saturated carbocycles. The number of fused-ring (bicyclic) bond motifs is 1. The predicted molar refractivity (Wildman–Crippen MR) is 118 cm³/mol. The minimum atomic E-state index is -0.222. The van der Waals surface area contributed by atoms with Gasteiger partial charge in [0.25, 0.3) is 0 Å². The van der Waals surface area contributed by atoms with E-state index in [9.17, 15) is 9.59 Å². The van der Waals surface area contributed by atoms with Crippen LogP contribution in [0.3, 0.4) is 0 Å². The molecule has 2 aromatic carbocycles. The van der Waals surface area contributed by atoms with Crippen molar-refractivity contribution < 1.29 is 23.8 Å². The van der Waals surface area contributed by atoms with Gasteiger partial charge in [-0.2, -0.15) is 0 Å². The van der Waals surface area contributed by atoms with Crippen molar-refractivity contribution in [2.24, 2.45) is 0 Å². The van der Waals surface area contributed by atoms with Crippen LogP contribution in [0.4, 0.5) is 11.4 Å². The molecule has 2 aromatic rings. The monoisotopic (exact) mass is 424 g/mol. The Bertz CT molecular complexity index is 939. The summed E-state index contributed by atoms with van der Waals surface area (Å²) in [6, 6.07) is 13.1. The number of rotatable bonds is 7. The second kappa shape index (κ2) is 9.83. The average Bonchev–Trinajstić information content (AvgIpc) is 3.31. The van der Waals surface area contributed by atoms with Crippen LogP contribution in [0.25, 0.3) is 0 Å². The first-order valence-electron chi connectivity index (χ1n) is 10.8. The van der Waals surface area contributed by atoms with Gasteiger partial charge in [-0.3, -0.25) is 9.59 Å². The summed E-state index contributed by atoms with van der Waals surface area (Å²) in [6.45, 7) is 4.14. The minimum absolute atomic E-state index is 0.0929. The molecule has 2 aliphatic rings. The van der Waals surface area contributed by atoms with Gasteiger partial charge in [0.2, 0.25) is 11.8 Å². The number of hydrogen-bond donors (Lipinski definition) is 1. The third-order valence-corrected chi connectivity index (χ3v) is 5.46. The maximum atomic E-state index is 12.7. The molecule has 31 heavy (non-hydrogen) atoms. The number of benzene rings is 2. The van der Waals surface area contributed by atoms with Gasteiger partial charge in [-0.1, -0.05) is 18.2 Å². The summed E-state index contributed by atoms with van der Waals surface area (Å²) >= 11 is 0. The molecule has 7 heteroatoms. The summed E-state index contributed by atoms with van der Waals surface area (Å²) in [4.78, 5) is 27.0. The molecular formula is C24H28N2O5. The fourth-order valence-electron chi connectivity index (χ4n) is 3.81. The van der Waals surface area contributed by atoms with Crippen LogP contribution in [0.1, 0.15) is 31.2 Å². The molecule has 0 radical (unpaired) electrons. The Morgan fingerprint density at radius 2 is 2.03 bits per heavy atom. The topological polar surface area (TPSA) is 77.1 Å². The molecule has 2 aliphatic heterocycles. The Hall–Kier alpha value is -3.06. The molecule has 4 rings (SSSR count). The fourth-order valence-corrected chi connectivity index (χ4v) is 3.81. The maximum absolute atomic E-state index is 12.7. The zero-order chi connectivity index (χ0) is 21.6. The van der Waals surface area contributed by atoms with Gasteiger partial charge in [-0.25, -0.2) is 0 Å². The first-order chi connectivity index (χ1) is 15.1. The molecule has 1 N–H and O–H groups in total. The van der Waals surface area contributed by atoms with Gasteiger partial charge in [0.15, 0.2) is 0 Å². The van der Waals surface area contributed by atoms with E-state index in [1.54, 1.807) is 4.90 Å². The highest BCUT2D eigenvalue weighted by atomic mass is 16.5. The molecule has 0 aromatic heterocycles. The largest absolute Gasteiger partial charge is 0.490 e. The normalized spacial score (nSPS) is 17.6. The minimum Gasteiger partial charge on any atom is -0.490 e. The lowest BCUT2D eigenvalue weighted by molar-refractivity contribution is -0.122. The second-order valence-electron chi connectivity index (χ2n) is 7.86. The van der Waals surface area contributed by atoms with Gasteiger partial charge in [0.1, 0.15) is 24.7 Å². The molecule has 1 fully saturated rings. The molecule has 1 unspecified atom stereocenters. The molecule has 2 amide bonds. The van der Waals surface area contributed by atoms with E-state index in [1.807, 2.05) is 49.4 Å². The average molecular weight is 424 g/mol. The van der Waals surface area contributed by atoms with Crippen LogP contribution in [0.5, 0.6) is 11.5 Å². The highest BCUT2D eigenvalue weighted by Crippen LogP contribution is 2.31. The standard InChI is InChI=1S/C24H28N2O5/c1-17-8-9-19(22(15-17)31-16-18-5-4-13-29-18)25-23(27)10-11-24(28)26-12-14-30-21-7-3-2-6-20(21)26/h2-3,6-9,15,18H,4-5,10-14,16H2,1H3,(H,25,27). The molecule has 0 bridgehead atoms. The molecule has 7 nitrogen and oxygen atoms in total. The Morgan fingerprint density at radius 3 is 2.87 bits per heavy atom. The van der Waals surface area contributed by atoms with E-state index < -0.39 is 0 Å². The number of amides is 2. The van der Waals surface area contributed by atoms with Gasteiger partial charge in [-0.05, 0) is 49.6 Å². The van der Waals surface area contributed by atoms with Crippen LogP contribution in [0.2, 0.25) is 0 Å². The number of nitrogens with zero attached hydrogens (tertiary/aromatic N) is 1. The third kappa shape index (κ3) is 5.35. The Kier molecular flexibility index (Phi) is 6.72. The van der Waals surface area contributed by atoms with Crippen LogP contribution in [0.15, 0.2) is 42.5 Å². The number of carbonyl (C=O) groups is 2. The highest BCUT2D eigenvalue weighted by molar-refractivity contribution is 5.99. The van der Waals surface area contributed by atoms with E-state index in [2.05, 4.69) is 5.32 Å². The highest BCUT2D eigenvalue weighted by Gasteiger charge is 2.24. The molecule has 1 saturated heterocycles. The molecule has 164 valence electrons. The van der Waals surface area contributed by atoms with Crippen molar-refractivity contribution in [3.8, 4) is 11.5 Å². The zero-order valence-electron chi connectivity index (χ0n) is 17.8. The van der Waals surface area contributed by atoms with E-state index in [4.69, 9.17) is 14.2 Å². The van der Waals surface area contributed by atoms with Crippen molar-refractivity contribution in [1.82, 2.24) is 0 Å². The number of anilines is 2. The van der Waals surface area contributed by atoms with E-state index in [1.165, 1.54) is 0 Å². The van der Waals surface area contributed by atoms with E-state index in [0.29, 0.717) is 36.9 Å². The lowest BCUT2D eigenvalue weighted by atomic mass is 10.2. The van der Waals surface area contributed by atoms with Crippen molar-refractivity contribution in [2.75, 3.05) is 36.6 Å². The van der Waals surface area contributed by atoms with Crippen LogP contribution in [-0.4, -0.2) is 44.3 Å². The Labute approximate surface area is 182 Å². The first kappa shape index (κ1) is 21.2. The van der Waals surface area contributed by atoms with E-state index in [0.717, 1.165) is 30.7 Å². The van der Waals surface area contributed by atoms with Crippen LogP contribution in [0, 0.1) is 6.92 Å². The maximum Gasteiger partial charge on any atom is 0.227 e. The van der Waals surface area contributed by atoms with Crippen molar-refractivity contribution in [3.63, 3.8) is 0 Å². The first-order valence-corrected chi connectivity index (χ1v) is 10.8. The van der Waals surface area contributed by atoms with Gasteiger partial charge >= 0.3 is 0 Å². The molecule has 2 heterocycles. The third-order valence-electron chi connectivity index (χ3n) is 5.46. The zero-order valence-corrected chi connectivity index (χ0v) is 17.8. The Balaban J connectivity index is 1.33. The summed E-state index contributed by atoms with van der Waals surface area (Å²) in [5.74, 6) is 1.00. The fraction of sp³-hybridized carbons (Fsp3) is 0.417. The number of para-hydroxylation sites is 2. The molecule has 1 atom stereocenters. The Morgan fingerprint density at radius 1 is 1.16 bits per heavy atom. The van der Waals surface area contributed by atoms with Crippen molar-refractivity contribution in [3.05, 3.63) is 48.0 Å². The summed E-state index contributed by atoms with van der Waals surface area (Å²) in [6.07, 6.45) is 2.35. The lowest BCUT2D eigenvalue weighted by Crippen LogP contribution is -2.38. The number of hydrogen-bond acceptors (Lipinski definition) is 5. The molecule has 0 spiro atoms. The van der Waals surface area contributed by atoms with Crippen molar-refractivity contribution in [2.45, 2.75) is 38.7 Å². The summed E-state index contributed by atoms with van der Waals surface area (Å²) in [7, 11) is 0. The van der Waals surface area contributed by atoms with Crippen molar-refractivity contribution in [1.29, 1.82) is 0 Å². The second-order valence-corrected chi connectivity index (χ2v) is 7.86. The quantitative estimate of drug-likeness (QED) is 0.733. The van der Waals surface area contributed by atoms with Gasteiger partial charge in [0, 0.05) is 19.4 Å². The molecular weight excluding hydrogens is 396 g/mol. The van der Waals surface area contributed by atoms with Crippen LogP contribution >= 0.6 is 0 Å². The van der Waals surface area contributed by atoms with Gasteiger partial charge < -0.3 is 24.4 Å². The van der Waals surface area contributed by atoms with E-state index in [-0.39, 0.29) is 30.8 Å². The SMILES string of the molecule is Cc1ccc(NC(=O)CCC(=O)N2CCOc3ccccc32)c(OCC2CCCO2)c1. The number of carbonyl (C=O) groups excluding carboxylic acids is 2. The summed E-state index contributed by atoms with van der Waals surface area (Å²) < 4.78 is 17.1. The predicted octanol–water partition coefficient (Wildman–Crippen LogP) is 3.70. The number of nitrogens with one attached hydrogen (secondary N) is 1. The van der Waals surface area contributed by atoms with Gasteiger partial charge in [-0.15, -0.1) is 0 Å². The summed E-state index contributed by atoms with van der Waals surface area (Å²) in [5.41, 5.74) is 2.40. The summed E-state index contributed by atoms with van der Waals surface area (Å²) in [5, 5.41) is 2.89. The molecule has 0 aliphatic carbocycles. The number of ether oxygens (including phenoxy) is 3. The van der Waals surface area contributed by atoms with Crippen LogP contribution < -0.4 is 19.7 Å². The lowest BCUT2D eigenvalue weighted by Gasteiger charge is -2.29. The van der Waals surface area contributed by atoms with Crippen molar-refractivity contribution >= 4 is 23.2 Å². The number of aryl methyl sites for hydroxylation is 1. The smallest absolute Gasteiger partial charge is 0.227 e. The van der Waals surface area contributed by atoms with Crippen LogP contribution in [-0.2, 0) is 14.3 Å². The van der Waals surface area contributed by atoms with E-state index >= 15 is 0 Å².